The molecule has 0 radical (unpaired) electrons. The van der Waals surface area contributed by atoms with E-state index in [2.05, 4.69) is 4.72 Å². The topological polar surface area (TPSA) is 46.2 Å². The molecule has 0 fully saturated rings. The van der Waals surface area contributed by atoms with E-state index in [1.165, 1.54) is 11.3 Å². The third-order valence-electron chi connectivity index (χ3n) is 2.20. The monoisotopic (exact) mass is 281 g/mol. The molecular weight excluding hydrogens is 266 g/mol. The zero-order valence-electron chi connectivity index (χ0n) is 9.36. The van der Waals surface area contributed by atoms with Gasteiger partial charge >= 0.3 is 0 Å². The van der Waals surface area contributed by atoms with Crippen molar-refractivity contribution in [1.82, 2.24) is 4.72 Å². The fourth-order valence-electron chi connectivity index (χ4n) is 1.17. The van der Waals surface area contributed by atoms with Gasteiger partial charge in [0, 0.05) is 17.3 Å². The van der Waals surface area contributed by atoms with Crippen LogP contribution in [0.3, 0.4) is 0 Å². The van der Waals surface area contributed by atoms with Crippen molar-refractivity contribution in [2.24, 2.45) is 5.92 Å². The van der Waals surface area contributed by atoms with Crippen molar-refractivity contribution >= 4 is 33.0 Å². The first-order valence-electron chi connectivity index (χ1n) is 5.08. The summed E-state index contributed by atoms with van der Waals surface area (Å²) >= 11 is 6.87. The summed E-state index contributed by atoms with van der Waals surface area (Å²) in [6.45, 7) is 4.30. The van der Waals surface area contributed by atoms with Crippen molar-refractivity contribution < 1.29 is 8.42 Å². The van der Waals surface area contributed by atoms with Crippen LogP contribution in [-0.4, -0.2) is 20.8 Å². The summed E-state index contributed by atoms with van der Waals surface area (Å²) in [4.78, 5) is 0.995. The van der Waals surface area contributed by atoms with E-state index in [0.717, 1.165) is 11.3 Å². The first-order chi connectivity index (χ1) is 7.45. The highest BCUT2D eigenvalue weighted by atomic mass is 35.5. The van der Waals surface area contributed by atoms with E-state index in [0.29, 0.717) is 16.6 Å². The second-order valence-corrected chi connectivity index (χ2v) is 7.46. The number of alkyl halides is 1. The lowest BCUT2D eigenvalue weighted by atomic mass is 10.1. The molecular formula is C10H16ClNO2S2. The predicted octanol–water partition coefficient (Wildman–Crippen LogP) is 2.60. The second-order valence-electron chi connectivity index (χ2n) is 3.80. The van der Waals surface area contributed by atoms with E-state index >= 15 is 0 Å². The quantitative estimate of drug-likeness (QED) is 0.815. The van der Waals surface area contributed by atoms with Gasteiger partial charge in [0.2, 0.25) is 10.0 Å². The highest BCUT2D eigenvalue weighted by Gasteiger charge is 2.16. The van der Waals surface area contributed by atoms with Gasteiger partial charge in [-0.2, -0.15) is 0 Å². The smallest absolute Gasteiger partial charge is 0.210 e. The molecule has 3 nitrogen and oxygen atoms in total. The number of nitrogens with one attached hydrogen (secondary N) is 1. The molecule has 1 aromatic heterocycles. The Bertz CT molecular complexity index is 428. The van der Waals surface area contributed by atoms with Crippen molar-refractivity contribution in [3.05, 3.63) is 17.0 Å². The van der Waals surface area contributed by atoms with Crippen LogP contribution in [-0.2, 0) is 10.0 Å². The fraction of sp³-hybridized carbons (Fsp3) is 0.600. The minimum absolute atomic E-state index is 0.258. The van der Waals surface area contributed by atoms with Crippen molar-refractivity contribution in [3.63, 3.8) is 0 Å². The maximum Gasteiger partial charge on any atom is 0.250 e. The van der Waals surface area contributed by atoms with E-state index in [9.17, 15) is 8.42 Å². The van der Waals surface area contributed by atoms with Crippen molar-refractivity contribution in [2.75, 3.05) is 12.4 Å². The molecule has 1 atom stereocenters. The third-order valence-corrected chi connectivity index (χ3v) is 5.34. The molecule has 1 unspecified atom stereocenters. The predicted molar refractivity (Wildman–Crippen MR) is 68.7 cm³/mol. The van der Waals surface area contributed by atoms with Gasteiger partial charge in [-0.3, -0.25) is 0 Å². The van der Waals surface area contributed by atoms with Crippen molar-refractivity contribution in [1.29, 1.82) is 0 Å². The van der Waals surface area contributed by atoms with Crippen LogP contribution < -0.4 is 4.72 Å². The SMILES string of the molecule is Cc1ccc(S(=O)(=O)NCC(C)CCCl)s1. The number of hydrogen-bond donors (Lipinski definition) is 1. The molecule has 0 saturated heterocycles. The van der Waals surface area contributed by atoms with Crippen LogP contribution in [0.4, 0.5) is 0 Å². The minimum atomic E-state index is -3.33. The minimum Gasteiger partial charge on any atom is -0.210 e. The number of rotatable bonds is 6. The van der Waals surface area contributed by atoms with Gasteiger partial charge < -0.3 is 0 Å². The van der Waals surface area contributed by atoms with Gasteiger partial charge in [0.05, 0.1) is 0 Å². The lowest BCUT2D eigenvalue weighted by Crippen LogP contribution is -2.28. The molecule has 0 aliphatic heterocycles. The van der Waals surface area contributed by atoms with Crippen LogP contribution in [0.1, 0.15) is 18.2 Å². The third kappa shape index (κ3) is 4.05. The van der Waals surface area contributed by atoms with Gasteiger partial charge in [0.1, 0.15) is 4.21 Å². The molecule has 1 N–H and O–H groups in total. The van der Waals surface area contributed by atoms with Gasteiger partial charge in [0.15, 0.2) is 0 Å². The molecule has 1 rings (SSSR count). The summed E-state index contributed by atoms with van der Waals surface area (Å²) in [6, 6.07) is 3.44. The van der Waals surface area contributed by atoms with Gasteiger partial charge in [0.25, 0.3) is 0 Å². The molecule has 6 heteroatoms. The molecule has 0 spiro atoms. The van der Waals surface area contributed by atoms with E-state index in [-0.39, 0.29) is 5.92 Å². The molecule has 92 valence electrons. The van der Waals surface area contributed by atoms with Crippen LogP contribution in [0.2, 0.25) is 0 Å². The zero-order valence-corrected chi connectivity index (χ0v) is 11.8. The molecule has 0 aliphatic carbocycles. The Labute approximate surface area is 106 Å². The van der Waals surface area contributed by atoms with Gasteiger partial charge in [-0.25, -0.2) is 13.1 Å². The molecule has 0 saturated carbocycles. The molecule has 1 heterocycles. The zero-order chi connectivity index (χ0) is 12.2. The maximum absolute atomic E-state index is 11.8. The van der Waals surface area contributed by atoms with E-state index in [1.54, 1.807) is 12.1 Å². The van der Waals surface area contributed by atoms with E-state index in [1.807, 2.05) is 13.8 Å². The average molecular weight is 282 g/mol. The molecule has 0 bridgehead atoms. The van der Waals surface area contributed by atoms with Crippen LogP contribution in [0.15, 0.2) is 16.3 Å². The van der Waals surface area contributed by atoms with Crippen LogP contribution >= 0.6 is 22.9 Å². The Morgan fingerprint density at radius 3 is 2.69 bits per heavy atom. The molecule has 0 amide bonds. The highest BCUT2D eigenvalue weighted by Crippen LogP contribution is 2.20. The second kappa shape index (κ2) is 6.00. The van der Waals surface area contributed by atoms with Crippen molar-refractivity contribution in [2.45, 2.75) is 24.5 Å². The van der Waals surface area contributed by atoms with Gasteiger partial charge in [-0.15, -0.1) is 22.9 Å². The lowest BCUT2D eigenvalue weighted by Gasteiger charge is -2.10. The Morgan fingerprint density at radius 1 is 1.50 bits per heavy atom. The largest absolute Gasteiger partial charge is 0.250 e. The molecule has 1 aromatic rings. The first kappa shape index (κ1) is 14.0. The van der Waals surface area contributed by atoms with Gasteiger partial charge in [-0.1, -0.05) is 6.92 Å². The molecule has 16 heavy (non-hydrogen) atoms. The number of sulfonamides is 1. The summed E-state index contributed by atoms with van der Waals surface area (Å²) in [5.41, 5.74) is 0. The summed E-state index contributed by atoms with van der Waals surface area (Å²) < 4.78 is 26.6. The highest BCUT2D eigenvalue weighted by molar-refractivity contribution is 7.91. The Hall–Kier alpha value is -0.100. The lowest BCUT2D eigenvalue weighted by molar-refractivity contribution is 0.531. The number of halogens is 1. The van der Waals surface area contributed by atoms with Crippen molar-refractivity contribution in [3.8, 4) is 0 Å². The first-order valence-corrected chi connectivity index (χ1v) is 7.91. The van der Waals surface area contributed by atoms with Crippen LogP contribution in [0, 0.1) is 12.8 Å². The Kier molecular flexibility index (Phi) is 5.24. The maximum atomic E-state index is 11.8. The Balaban J connectivity index is 2.59. The van der Waals surface area contributed by atoms with E-state index < -0.39 is 10.0 Å². The van der Waals surface area contributed by atoms with E-state index in [4.69, 9.17) is 11.6 Å². The van der Waals surface area contributed by atoms with Crippen LogP contribution in [0.5, 0.6) is 0 Å². The summed E-state index contributed by atoms with van der Waals surface area (Å²) in [5, 5.41) is 0. The molecule has 0 aliphatic rings. The summed E-state index contributed by atoms with van der Waals surface area (Å²) in [6.07, 6.45) is 0.813. The number of hydrogen-bond acceptors (Lipinski definition) is 3. The Morgan fingerprint density at radius 2 is 2.19 bits per heavy atom. The molecule has 0 aromatic carbocycles. The number of aryl methyl sites for hydroxylation is 1. The van der Waals surface area contributed by atoms with Gasteiger partial charge in [-0.05, 0) is 31.4 Å². The average Bonchev–Trinajstić information content (AvgIpc) is 2.63. The van der Waals surface area contributed by atoms with Crippen LogP contribution in [0.25, 0.3) is 0 Å². The normalized spacial score (nSPS) is 13.9. The number of thiophene rings is 1. The summed E-state index contributed by atoms with van der Waals surface area (Å²) in [7, 11) is -3.33. The standard InChI is InChI=1S/C10H16ClNO2S2/c1-8(5-6-11)7-12-16(13,14)10-4-3-9(2)15-10/h3-4,8,12H,5-7H2,1-2H3. The summed E-state index contributed by atoms with van der Waals surface area (Å²) in [5.74, 6) is 0.814. The fourth-order valence-corrected chi connectivity index (χ4v) is 4.03.